The van der Waals surface area contributed by atoms with Crippen LogP contribution in [0.1, 0.15) is 26.2 Å². The van der Waals surface area contributed by atoms with Gasteiger partial charge < -0.3 is 15.5 Å². The van der Waals surface area contributed by atoms with Gasteiger partial charge >= 0.3 is 6.03 Å². The van der Waals surface area contributed by atoms with Gasteiger partial charge in [0.1, 0.15) is 0 Å². The van der Waals surface area contributed by atoms with E-state index in [4.69, 9.17) is 0 Å². The van der Waals surface area contributed by atoms with Crippen molar-refractivity contribution in [2.45, 2.75) is 26.2 Å². The van der Waals surface area contributed by atoms with Gasteiger partial charge in [-0.2, -0.15) is 0 Å². The Kier molecular flexibility index (Phi) is 5.47. The van der Waals surface area contributed by atoms with E-state index in [0.29, 0.717) is 0 Å². The third kappa shape index (κ3) is 4.51. The van der Waals surface area contributed by atoms with Crippen LogP contribution in [0, 0.1) is 5.92 Å². The highest BCUT2D eigenvalue weighted by Crippen LogP contribution is 2.15. The number of amides is 2. The van der Waals surface area contributed by atoms with Crippen LogP contribution in [-0.4, -0.2) is 44.2 Å². The molecule has 15 heavy (non-hydrogen) atoms. The fourth-order valence-corrected chi connectivity index (χ4v) is 1.78. The van der Waals surface area contributed by atoms with Gasteiger partial charge in [-0.05, 0) is 38.8 Å². The standard InChI is InChI=1S/C11H23N3O/c1-10-4-8-14(9-5-10)11(15)13-7-3-6-12-2/h10,12H,3-9H2,1-2H3,(H,13,15). The Bertz CT molecular complexity index is 188. The van der Waals surface area contributed by atoms with Gasteiger partial charge in [0.05, 0.1) is 0 Å². The molecule has 1 saturated heterocycles. The van der Waals surface area contributed by atoms with E-state index in [0.717, 1.165) is 51.4 Å². The first-order chi connectivity index (χ1) is 7.24. The lowest BCUT2D eigenvalue weighted by molar-refractivity contribution is 0.174. The Morgan fingerprint density at radius 3 is 2.60 bits per heavy atom. The fourth-order valence-electron chi connectivity index (χ4n) is 1.78. The van der Waals surface area contributed by atoms with Crippen LogP contribution in [0.25, 0.3) is 0 Å². The molecule has 4 heteroatoms. The number of carbonyl (C=O) groups excluding carboxylic acids is 1. The van der Waals surface area contributed by atoms with Crippen molar-refractivity contribution >= 4 is 6.03 Å². The maximum Gasteiger partial charge on any atom is 0.317 e. The summed E-state index contributed by atoms with van der Waals surface area (Å²) < 4.78 is 0. The predicted octanol–water partition coefficient (Wildman–Crippen LogP) is 1.04. The molecule has 0 aromatic carbocycles. The monoisotopic (exact) mass is 213 g/mol. The van der Waals surface area contributed by atoms with Gasteiger partial charge in [-0.15, -0.1) is 0 Å². The Morgan fingerprint density at radius 1 is 1.33 bits per heavy atom. The summed E-state index contributed by atoms with van der Waals surface area (Å²) in [5, 5.41) is 6.01. The quantitative estimate of drug-likeness (QED) is 0.685. The molecule has 0 radical (unpaired) electrons. The van der Waals surface area contributed by atoms with Crippen molar-refractivity contribution in [2.24, 2.45) is 5.92 Å². The summed E-state index contributed by atoms with van der Waals surface area (Å²) in [5.74, 6) is 0.776. The highest BCUT2D eigenvalue weighted by atomic mass is 16.2. The second kappa shape index (κ2) is 6.67. The highest BCUT2D eigenvalue weighted by molar-refractivity contribution is 5.74. The molecular weight excluding hydrogens is 190 g/mol. The second-order valence-electron chi connectivity index (χ2n) is 4.36. The zero-order valence-electron chi connectivity index (χ0n) is 9.88. The summed E-state index contributed by atoms with van der Waals surface area (Å²) in [6.07, 6.45) is 3.28. The third-order valence-electron chi connectivity index (χ3n) is 2.95. The lowest BCUT2D eigenvalue weighted by atomic mass is 10.00. The molecule has 2 N–H and O–H groups in total. The maximum atomic E-state index is 11.7. The van der Waals surface area contributed by atoms with E-state index in [9.17, 15) is 4.79 Å². The van der Waals surface area contributed by atoms with Gasteiger partial charge in [-0.1, -0.05) is 6.92 Å². The molecule has 0 bridgehead atoms. The van der Waals surface area contributed by atoms with Crippen molar-refractivity contribution < 1.29 is 4.79 Å². The lowest BCUT2D eigenvalue weighted by Gasteiger charge is -2.30. The molecule has 0 unspecified atom stereocenters. The topological polar surface area (TPSA) is 44.4 Å². The molecule has 1 heterocycles. The van der Waals surface area contributed by atoms with Gasteiger partial charge in [0.2, 0.25) is 0 Å². The number of likely N-dealkylation sites (tertiary alicyclic amines) is 1. The third-order valence-corrected chi connectivity index (χ3v) is 2.95. The number of nitrogens with zero attached hydrogens (tertiary/aromatic N) is 1. The fraction of sp³-hybridized carbons (Fsp3) is 0.909. The Morgan fingerprint density at radius 2 is 2.00 bits per heavy atom. The van der Waals surface area contributed by atoms with E-state index in [1.54, 1.807) is 0 Å². The van der Waals surface area contributed by atoms with Crippen molar-refractivity contribution in [3.05, 3.63) is 0 Å². The molecule has 0 aromatic rings. The molecule has 0 spiro atoms. The van der Waals surface area contributed by atoms with E-state index < -0.39 is 0 Å². The number of piperidine rings is 1. The van der Waals surface area contributed by atoms with Gasteiger partial charge in [-0.3, -0.25) is 0 Å². The van der Waals surface area contributed by atoms with Crippen LogP contribution in [0.2, 0.25) is 0 Å². The number of hydrogen-bond donors (Lipinski definition) is 2. The first-order valence-electron chi connectivity index (χ1n) is 5.91. The maximum absolute atomic E-state index is 11.7. The molecule has 1 aliphatic heterocycles. The second-order valence-corrected chi connectivity index (χ2v) is 4.36. The van der Waals surface area contributed by atoms with Crippen LogP contribution in [-0.2, 0) is 0 Å². The van der Waals surface area contributed by atoms with Crippen molar-refractivity contribution in [1.82, 2.24) is 15.5 Å². The minimum absolute atomic E-state index is 0.109. The number of carbonyl (C=O) groups is 1. The van der Waals surface area contributed by atoms with Gasteiger partial charge in [0.15, 0.2) is 0 Å². The molecule has 4 nitrogen and oxygen atoms in total. The molecule has 2 amide bonds. The number of hydrogen-bond acceptors (Lipinski definition) is 2. The molecule has 1 fully saturated rings. The summed E-state index contributed by atoms with van der Waals surface area (Å²) in [6, 6.07) is 0.109. The molecular formula is C11H23N3O. The zero-order chi connectivity index (χ0) is 11.1. The minimum Gasteiger partial charge on any atom is -0.338 e. The molecule has 1 aliphatic rings. The predicted molar refractivity (Wildman–Crippen MR) is 61.9 cm³/mol. The van der Waals surface area contributed by atoms with Crippen LogP contribution >= 0.6 is 0 Å². The molecule has 1 rings (SSSR count). The van der Waals surface area contributed by atoms with Gasteiger partial charge in [-0.25, -0.2) is 4.79 Å². The lowest BCUT2D eigenvalue weighted by Crippen LogP contribution is -2.44. The van der Waals surface area contributed by atoms with Crippen LogP contribution in [0.5, 0.6) is 0 Å². The van der Waals surface area contributed by atoms with Crippen LogP contribution in [0.4, 0.5) is 4.79 Å². The van der Waals surface area contributed by atoms with Crippen LogP contribution in [0.15, 0.2) is 0 Å². The zero-order valence-corrected chi connectivity index (χ0v) is 9.88. The normalized spacial score (nSPS) is 17.9. The first-order valence-corrected chi connectivity index (χ1v) is 5.91. The number of nitrogens with one attached hydrogen (secondary N) is 2. The van der Waals surface area contributed by atoms with Crippen LogP contribution < -0.4 is 10.6 Å². The molecule has 0 saturated carbocycles. The molecule has 0 atom stereocenters. The van der Waals surface area contributed by atoms with E-state index >= 15 is 0 Å². The summed E-state index contributed by atoms with van der Waals surface area (Å²) in [7, 11) is 1.92. The molecule has 0 aliphatic carbocycles. The molecule has 0 aromatic heterocycles. The Labute approximate surface area is 92.4 Å². The number of urea groups is 1. The Hall–Kier alpha value is -0.770. The van der Waals surface area contributed by atoms with E-state index in [2.05, 4.69) is 17.6 Å². The average molecular weight is 213 g/mol. The summed E-state index contributed by atoms with van der Waals surface area (Å²) in [6.45, 7) is 5.81. The van der Waals surface area contributed by atoms with E-state index in [1.807, 2.05) is 11.9 Å². The summed E-state index contributed by atoms with van der Waals surface area (Å²) >= 11 is 0. The molecule has 88 valence electrons. The van der Waals surface area contributed by atoms with Crippen molar-refractivity contribution in [3.63, 3.8) is 0 Å². The SMILES string of the molecule is CNCCCNC(=O)N1CCC(C)CC1. The first kappa shape index (κ1) is 12.3. The van der Waals surface area contributed by atoms with Crippen LogP contribution in [0.3, 0.4) is 0 Å². The van der Waals surface area contributed by atoms with E-state index in [1.165, 1.54) is 0 Å². The van der Waals surface area contributed by atoms with Crippen molar-refractivity contribution in [1.29, 1.82) is 0 Å². The van der Waals surface area contributed by atoms with Gasteiger partial charge in [0.25, 0.3) is 0 Å². The summed E-state index contributed by atoms with van der Waals surface area (Å²) in [5.41, 5.74) is 0. The van der Waals surface area contributed by atoms with Crippen molar-refractivity contribution in [2.75, 3.05) is 33.2 Å². The average Bonchev–Trinajstić information content (AvgIpc) is 2.25. The van der Waals surface area contributed by atoms with Gasteiger partial charge in [0, 0.05) is 19.6 Å². The summed E-state index contributed by atoms with van der Waals surface area (Å²) in [4.78, 5) is 13.6. The smallest absolute Gasteiger partial charge is 0.317 e. The highest BCUT2D eigenvalue weighted by Gasteiger charge is 2.19. The van der Waals surface area contributed by atoms with E-state index in [-0.39, 0.29) is 6.03 Å². The minimum atomic E-state index is 0.109. The largest absolute Gasteiger partial charge is 0.338 e. The Balaban J connectivity index is 2.11. The number of rotatable bonds is 4. The van der Waals surface area contributed by atoms with Crippen molar-refractivity contribution in [3.8, 4) is 0 Å².